The molecule has 0 fully saturated rings. The number of nitrogens with zero attached hydrogens (tertiary/aromatic N) is 1. The molecule has 0 spiro atoms. The maximum absolute atomic E-state index is 5.34. The van der Waals surface area contributed by atoms with E-state index in [1.807, 2.05) is 6.08 Å². The fourth-order valence-electron chi connectivity index (χ4n) is 1.88. The molecule has 1 aromatic carbocycles. The summed E-state index contributed by atoms with van der Waals surface area (Å²) >= 11 is 0.373. The quantitative estimate of drug-likeness (QED) is 0.487. The number of aryl methyl sites for hydroxylation is 1. The Bertz CT molecular complexity index is 560. The van der Waals surface area contributed by atoms with Gasteiger partial charge >= 0.3 is 107 Å². The van der Waals surface area contributed by atoms with E-state index in [9.17, 15) is 0 Å². The van der Waals surface area contributed by atoms with Crippen LogP contribution in [0.2, 0.25) is 0 Å². The Hall–Kier alpha value is -1.25. The van der Waals surface area contributed by atoms with Crippen LogP contribution in [0.3, 0.4) is 0 Å². The number of allylic oxidation sites excluding steroid dienone is 1. The SMILES string of the molecule is C=CC[n+]1c(C)[se]c2cc(OC)c(OC)cc21. The molecule has 4 heteroatoms. The standard InChI is InChI=1S/C13H16NO2Se/c1-5-6-14-9(2)17-13-8-12(16-4)11(15-3)7-10(13)14/h5,7-8H,1,6H2,2-4H3/q+1. The van der Waals surface area contributed by atoms with Crippen LogP contribution in [0.1, 0.15) is 4.57 Å². The third-order valence-corrected chi connectivity index (χ3v) is 4.93. The fraction of sp³-hybridized carbons (Fsp3) is 0.308. The number of ether oxygens (including phenoxy) is 2. The van der Waals surface area contributed by atoms with Crippen LogP contribution in [-0.4, -0.2) is 28.7 Å². The molecule has 0 unspecified atom stereocenters. The van der Waals surface area contributed by atoms with Crippen molar-refractivity contribution in [2.45, 2.75) is 13.5 Å². The summed E-state index contributed by atoms with van der Waals surface area (Å²) in [6, 6.07) is 4.14. The van der Waals surface area contributed by atoms with Crippen molar-refractivity contribution in [3.05, 3.63) is 29.4 Å². The molecule has 0 N–H and O–H groups in total. The molecule has 0 amide bonds. The van der Waals surface area contributed by atoms with Crippen molar-refractivity contribution in [2.24, 2.45) is 0 Å². The Kier molecular flexibility index (Phi) is 3.55. The van der Waals surface area contributed by atoms with Gasteiger partial charge in [0.2, 0.25) is 0 Å². The molecule has 3 nitrogen and oxygen atoms in total. The summed E-state index contributed by atoms with van der Waals surface area (Å²) in [5.41, 5.74) is 1.22. The number of benzene rings is 1. The molecule has 0 aliphatic heterocycles. The Labute approximate surface area is 107 Å². The van der Waals surface area contributed by atoms with E-state index in [1.54, 1.807) is 14.2 Å². The number of aromatic nitrogens is 1. The third kappa shape index (κ3) is 2.10. The molecule has 0 radical (unpaired) electrons. The third-order valence-electron chi connectivity index (χ3n) is 2.71. The second kappa shape index (κ2) is 4.94. The monoisotopic (exact) mass is 298 g/mol. The number of fused-ring (bicyclic) bond motifs is 1. The van der Waals surface area contributed by atoms with Gasteiger partial charge in [-0.3, -0.25) is 0 Å². The van der Waals surface area contributed by atoms with E-state index in [-0.39, 0.29) is 0 Å². The molecule has 0 bridgehead atoms. The molecule has 17 heavy (non-hydrogen) atoms. The molecule has 90 valence electrons. The first-order valence-electron chi connectivity index (χ1n) is 5.37. The fourth-order valence-corrected chi connectivity index (χ4v) is 4.07. The first-order valence-corrected chi connectivity index (χ1v) is 7.08. The Morgan fingerprint density at radius 3 is 2.53 bits per heavy atom. The van der Waals surface area contributed by atoms with E-state index >= 15 is 0 Å². The minimum atomic E-state index is 0.373. The summed E-state index contributed by atoms with van der Waals surface area (Å²) in [4.78, 5) is 0. The van der Waals surface area contributed by atoms with Gasteiger partial charge in [-0.2, -0.15) is 0 Å². The molecular formula is C13H16NO2Se+. The molecule has 1 aromatic heterocycles. The first kappa shape index (κ1) is 12.2. The Balaban J connectivity index is 2.69. The summed E-state index contributed by atoms with van der Waals surface area (Å²) in [7, 11) is 3.34. The van der Waals surface area contributed by atoms with Crippen LogP contribution in [0.4, 0.5) is 0 Å². The van der Waals surface area contributed by atoms with Gasteiger partial charge in [0.1, 0.15) is 0 Å². The van der Waals surface area contributed by atoms with E-state index in [2.05, 4.69) is 30.2 Å². The van der Waals surface area contributed by atoms with E-state index in [1.165, 1.54) is 14.3 Å². The van der Waals surface area contributed by atoms with Gasteiger partial charge in [0.25, 0.3) is 0 Å². The van der Waals surface area contributed by atoms with Gasteiger partial charge in [0.05, 0.1) is 0 Å². The normalized spacial score (nSPS) is 10.5. The molecule has 2 aromatic rings. The summed E-state index contributed by atoms with van der Waals surface area (Å²) < 4.78 is 15.7. The molecule has 2 rings (SSSR count). The van der Waals surface area contributed by atoms with Crippen molar-refractivity contribution in [3.8, 4) is 11.5 Å². The van der Waals surface area contributed by atoms with Crippen LogP contribution in [-0.2, 0) is 6.54 Å². The molecule has 0 aliphatic rings. The predicted octanol–water partition coefficient (Wildman–Crippen LogP) is 1.70. The maximum atomic E-state index is 5.34. The van der Waals surface area contributed by atoms with Crippen molar-refractivity contribution in [2.75, 3.05) is 14.2 Å². The number of hydrogen-bond donors (Lipinski definition) is 0. The number of rotatable bonds is 4. The van der Waals surface area contributed by atoms with Crippen molar-refractivity contribution < 1.29 is 14.0 Å². The second-order valence-electron chi connectivity index (χ2n) is 3.70. The number of hydrogen-bond acceptors (Lipinski definition) is 2. The summed E-state index contributed by atoms with van der Waals surface area (Å²) in [6.45, 7) is 6.82. The van der Waals surface area contributed by atoms with Gasteiger partial charge in [-0.25, -0.2) is 0 Å². The van der Waals surface area contributed by atoms with Crippen LogP contribution in [0.5, 0.6) is 11.5 Å². The van der Waals surface area contributed by atoms with E-state index in [0.717, 1.165) is 18.0 Å². The zero-order valence-corrected chi connectivity index (χ0v) is 12.0. The topological polar surface area (TPSA) is 22.3 Å². The molecule has 0 aliphatic carbocycles. The van der Waals surface area contributed by atoms with Crippen LogP contribution in [0, 0.1) is 6.92 Å². The van der Waals surface area contributed by atoms with Crippen molar-refractivity contribution in [1.29, 1.82) is 0 Å². The van der Waals surface area contributed by atoms with Crippen molar-refractivity contribution >= 4 is 24.3 Å². The average molecular weight is 297 g/mol. The van der Waals surface area contributed by atoms with Crippen LogP contribution in [0.25, 0.3) is 9.78 Å². The number of methoxy groups -OCH3 is 2. The Morgan fingerprint density at radius 1 is 1.29 bits per heavy atom. The molecular weight excluding hydrogens is 281 g/mol. The van der Waals surface area contributed by atoms with Crippen LogP contribution >= 0.6 is 0 Å². The molecule has 0 atom stereocenters. The van der Waals surface area contributed by atoms with E-state index in [0.29, 0.717) is 14.5 Å². The second-order valence-corrected chi connectivity index (χ2v) is 6.29. The van der Waals surface area contributed by atoms with E-state index < -0.39 is 0 Å². The minimum absolute atomic E-state index is 0.373. The van der Waals surface area contributed by atoms with Gasteiger partial charge in [0.15, 0.2) is 0 Å². The summed E-state index contributed by atoms with van der Waals surface area (Å²) in [5, 5.41) is 0. The van der Waals surface area contributed by atoms with Crippen molar-refractivity contribution in [1.82, 2.24) is 0 Å². The van der Waals surface area contributed by atoms with E-state index in [4.69, 9.17) is 9.47 Å². The van der Waals surface area contributed by atoms with Gasteiger partial charge < -0.3 is 0 Å². The first-order chi connectivity index (χ1) is 8.21. The van der Waals surface area contributed by atoms with Crippen molar-refractivity contribution in [3.63, 3.8) is 0 Å². The van der Waals surface area contributed by atoms with Crippen LogP contribution in [0.15, 0.2) is 24.8 Å². The average Bonchev–Trinajstić information content (AvgIpc) is 2.64. The van der Waals surface area contributed by atoms with Gasteiger partial charge in [-0.15, -0.1) is 0 Å². The molecule has 0 saturated carbocycles. The molecule has 0 saturated heterocycles. The van der Waals surface area contributed by atoms with Gasteiger partial charge in [-0.1, -0.05) is 0 Å². The molecule has 1 heterocycles. The summed E-state index contributed by atoms with van der Waals surface area (Å²) in [5.74, 6) is 1.59. The zero-order valence-electron chi connectivity index (χ0n) is 10.3. The predicted molar refractivity (Wildman–Crippen MR) is 69.1 cm³/mol. The van der Waals surface area contributed by atoms with Crippen LogP contribution < -0.4 is 14.0 Å². The van der Waals surface area contributed by atoms with Gasteiger partial charge in [-0.05, 0) is 0 Å². The van der Waals surface area contributed by atoms with Gasteiger partial charge in [0, 0.05) is 0 Å². The Morgan fingerprint density at radius 2 is 1.94 bits per heavy atom. The summed E-state index contributed by atoms with van der Waals surface area (Å²) in [6.07, 6.45) is 1.92. The zero-order chi connectivity index (χ0) is 12.4.